The van der Waals surface area contributed by atoms with Crippen LogP contribution in [0, 0.1) is 0 Å². The number of carbonyl (C=O) groups is 2. The van der Waals surface area contributed by atoms with Crippen molar-refractivity contribution in [1.82, 2.24) is 14.5 Å². The zero-order valence-corrected chi connectivity index (χ0v) is 25.3. The van der Waals surface area contributed by atoms with E-state index < -0.39 is 16.1 Å². The van der Waals surface area contributed by atoms with E-state index in [1.807, 2.05) is 42.5 Å². The van der Waals surface area contributed by atoms with E-state index in [2.05, 4.69) is 5.32 Å². The lowest BCUT2D eigenvalue weighted by Gasteiger charge is -2.32. The predicted octanol–water partition coefficient (Wildman–Crippen LogP) is 4.20. The minimum Gasteiger partial charge on any atom is -0.497 e. The van der Waals surface area contributed by atoms with E-state index in [0.717, 1.165) is 31.2 Å². The van der Waals surface area contributed by atoms with E-state index in [4.69, 9.17) is 9.47 Å². The van der Waals surface area contributed by atoms with Crippen LogP contribution in [0.4, 0.5) is 0 Å². The Morgan fingerprint density at radius 2 is 1.60 bits per heavy atom. The van der Waals surface area contributed by atoms with Gasteiger partial charge in [-0.3, -0.25) is 9.59 Å². The number of hydrogen-bond acceptors (Lipinski definition) is 6. The molecule has 2 aliphatic rings. The van der Waals surface area contributed by atoms with Gasteiger partial charge >= 0.3 is 0 Å². The summed E-state index contributed by atoms with van der Waals surface area (Å²) < 4.78 is 38.4. The molecule has 9 nitrogen and oxygen atoms in total. The highest BCUT2D eigenvalue weighted by Gasteiger charge is 2.34. The first-order valence-electron chi connectivity index (χ1n) is 14.8. The first-order chi connectivity index (χ1) is 20.9. The summed E-state index contributed by atoms with van der Waals surface area (Å²) in [6.07, 6.45) is 4.50. The van der Waals surface area contributed by atoms with E-state index in [-0.39, 0.29) is 42.4 Å². The van der Waals surface area contributed by atoms with Crippen molar-refractivity contribution in [2.24, 2.45) is 0 Å². The van der Waals surface area contributed by atoms with Gasteiger partial charge in [0.05, 0.1) is 25.2 Å². The highest BCUT2D eigenvalue weighted by atomic mass is 32.2. The molecule has 0 radical (unpaired) electrons. The third-order valence-electron chi connectivity index (χ3n) is 8.15. The molecule has 1 saturated carbocycles. The molecule has 1 aliphatic carbocycles. The maximum Gasteiger partial charge on any atom is 0.254 e. The molecule has 3 aromatic rings. The van der Waals surface area contributed by atoms with E-state index in [9.17, 15) is 18.0 Å². The fraction of sp³-hybridized carbons (Fsp3) is 0.394. The first-order valence-corrected chi connectivity index (χ1v) is 16.3. The Kier molecular flexibility index (Phi) is 10.1. The third-order valence-corrected chi connectivity index (χ3v) is 10.1. The Labute approximate surface area is 253 Å². The number of sulfonamides is 1. The molecule has 1 heterocycles. The number of nitrogens with one attached hydrogen (secondary N) is 1. The van der Waals surface area contributed by atoms with Crippen LogP contribution in [0.15, 0.2) is 83.8 Å². The first kappa shape index (κ1) is 30.7. The largest absolute Gasteiger partial charge is 0.497 e. The van der Waals surface area contributed by atoms with Crippen LogP contribution >= 0.6 is 0 Å². The van der Waals surface area contributed by atoms with Crippen LogP contribution < -0.4 is 10.1 Å². The molecule has 0 spiro atoms. The molecule has 43 heavy (non-hydrogen) atoms. The van der Waals surface area contributed by atoms with Crippen LogP contribution in [0.25, 0.3) is 0 Å². The monoisotopic (exact) mass is 605 g/mol. The zero-order chi connectivity index (χ0) is 30.2. The molecule has 2 amide bonds. The second-order valence-corrected chi connectivity index (χ2v) is 12.9. The van der Waals surface area contributed by atoms with Crippen LogP contribution in [0.1, 0.15) is 53.2 Å². The van der Waals surface area contributed by atoms with Gasteiger partial charge < -0.3 is 19.7 Å². The van der Waals surface area contributed by atoms with Crippen molar-refractivity contribution in [3.8, 4) is 5.75 Å². The summed E-state index contributed by atoms with van der Waals surface area (Å²) in [7, 11) is -2.13. The van der Waals surface area contributed by atoms with E-state index in [1.54, 1.807) is 24.1 Å². The maximum atomic E-state index is 14.3. The summed E-state index contributed by atoms with van der Waals surface area (Å²) in [6.45, 7) is 1.56. The van der Waals surface area contributed by atoms with Gasteiger partial charge in [0, 0.05) is 31.2 Å². The molecular formula is C33H39N3O6S. The van der Waals surface area contributed by atoms with Crippen molar-refractivity contribution < 1.29 is 27.5 Å². The molecule has 0 bridgehead atoms. The molecule has 1 N–H and O–H groups in total. The number of carbonyl (C=O) groups excluding carboxylic acids is 2. The fourth-order valence-electron chi connectivity index (χ4n) is 5.72. The zero-order valence-electron chi connectivity index (χ0n) is 24.5. The highest BCUT2D eigenvalue weighted by Crippen LogP contribution is 2.28. The number of methoxy groups -OCH3 is 1. The molecular weight excluding hydrogens is 566 g/mol. The quantitative estimate of drug-likeness (QED) is 0.351. The van der Waals surface area contributed by atoms with E-state index in [0.29, 0.717) is 36.5 Å². The molecule has 1 atom stereocenters. The molecule has 2 fully saturated rings. The summed E-state index contributed by atoms with van der Waals surface area (Å²) in [4.78, 5) is 29.9. The van der Waals surface area contributed by atoms with Crippen LogP contribution in [0.3, 0.4) is 0 Å². The predicted molar refractivity (Wildman–Crippen MR) is 163 cm³/mol. The number of nitrogens with zero attached hydrogens (tertiary/aromatic N) is 2. The third kappa shape index (κ3) is 7.44. The lowest BCUT2D eigenvalue weighted by Crippen LogP contribution is -2.46. The average Bonchev–Trinajstić information content (AvgIpc) is 3.57. The Morgan fingerprint density at radius 1 is 0.953 bits per heavy atom. The van der Waals surface area contributed by atoms with Gasteiger partial charge in [0.1, 0.15) is 11.8 Å². The Balaban J connectivity index is 1.47. The molecule has 3 aromatic carbocycles. The van der Waals surface area contributed by atoms with Crippen LogP contribution in [0.2, 0.25) is 0 Å². The van der Waals surface area contributed by atoms with Gasteiger partial charge in [0.15, 0.2) is 0 Å². The van der Waals surface area contributed by atoms with Gasteiger partial charge in [0.25, 0.3) is 5.91 Å². The summed E-state index contributed by atoms with van der Waals surface area (Å²) in [6, 6.07) is 22.2. The second-order valence-electron chi connectivity index (χ2n) is 10.9. The van der Waals surface area contributed by atoms with Crippen molar-refractivity contribution in [3.05, 3.63) is 95.6 Å². The van der Waals surface area contributed by atoms with Crippen LogP contribution in [-0.4, -0.2) is 75.4 Å². The Morgan fingerprint density at radius 3 is 2.23 bits per heavy atom. The van der Waals surface area contributed by atoms with Crippen molar-refractivity contribution in [2.45, 2.75) is 49.1 Å². The lowest BCUT2D eigenvalue weighted by atomic mass is 10.0. The molecule has 0 unspecified atom stereocenters. The van der Waals surface area contributed by atoms with Crippen molar-refractivity contribution in [3.63, 3.8) is 0 Å². The van der Waals surface area contributed by atoms with Gasteiger partial charge in [-0.05, 0) is 66.8 Å². The smallest absolute Gasteiger partial charge is 0.254 e. The second kappa shape index (κ2) is 14.2. The highest BCUT2D eigenvalue weighted by molar-refractivity contribution is 7.89. The van der Waals surface area contributed by atoms with Crippen molar-refractivity contribution >= 4 is 21.8 Å². The van der Waals surface area contributed by atoms with Gasteiger partial charge in [-0.1, -0.05) is 55.3 Å². The molecule has 1 aliphatic heterocycles. The number of ether oxygens (including phenoxy) is 2. The fourth-order valence-corrected chi connectivity index (χ4v) is 7.13. The molecule has 0 aromatic heterocycles. The van der Waals surface area contributed by atoms with E-state index in [1.165, 1.54) is 28.6 Å². The number of hydrogen-bond donors (Lipinski definition) is 1. The number of morpholine rings is 1. The average molecular weight is 606 g/mol. The molecule has 10 heteroatoms. The van der Waals surface area contributed by atoms with Crippen molar-refractivity contribution in [1.29, 1.82) is 0 Å². The van der Waals surface area contributed by atoms with Gasteiger partial charge in [0.2, 0.25) is 15.9 Å². The summed E-state index contributed by atoms with van der Waals surface area (Å²) in [5, 5.41) is 3.20. The summed E-state index contributed by atoms with van der Waals surface area (Å²) in [5.41, 5.74) is 2.02. The standard InChI is InChI=1S/C33H39N3O6S/c1-41-29-15-11-26(12-16-29)31(32(37)34-28-9-5-6-10-28)36(20-19-25-7-3-2-4-8-25)33(38)27-13-17-30(18-14-27)43(39,40)35-21-23-42-24-22-35/h2-4,7-8,11-18,28,31H,5-6,9-10,19-24H2,1H3,(H,34,37)/t31-/m0/s1. The maximum absolute atomic E-state index is 14.3. The minimum atomic E-state index is -3.71. The Hall–Kier alpha value is -3.73. The van der Waals surface area contributed by atoms with Crippen molar-refractivity contribution in [2.75, 3.05) is 40.0 Å². The van der Waals surface area contributed by atoms with Gasteiger partial charge in [-0.2, -0.15) is 4.31 Å². The van der Waals surface area contributed by atoms with Gasteiger partial charge in [-0.15, -0.1) is 0 Å². The minimum absolute atomic E-state index is 0.0731. The molecule has 5 rings (SSSR count). The number of rotatable bonds is 11. The number of benzene rings is 3. The topological polar surface area (TPSA) is 105 Å². The summed E-state index contributed by atoms with van der Waals surface area (Å²) >= 11 is 0. The normalized spacial score (nSPS) is 16.9. The summed E-state index contributed by atoms with van der Waals surface area (Å²) in [5.74, 6) is 0.0663. The molecule has 228 valence electrons. The lowest BCUT2D eigenvalue weighted by molar-refractivity contribution is -0.126. The van der Waals surface area contributed by atoms with Gasteiger partial charge in [-0.25, -0.2) is 8.42 Å². The van der Waals surface area contributed by atoms with Crippen LogP contribution in [-0.2, 0) is 26.0 Å². The van der Waals surface area contributed by atoms with E-state index >= 15 is 0 Å². The Bertz CT molecular complexity index is 1470. The molecule has 1 saturated heterocycles. The number of amides is 2. The van der Waals surface area contributed by atoms with Crippen LogP contribution in [0.5, 0.6) is 5.75 Å². The SMILES string of the molecule is COc1ccc([C@@H](C(=O)NC2CCCC2)N(CCc2ccccc2)C(=O)c2ccc(S(=O)(=O)N3CCOCC3)cc2)cc1.